The molecule has 0 aliphatic carbocycles. The first-order valence-corrected chi connectivity index (χ1v) is 13.4. The third-order valence-corrected chi connectivity index (χ3v) is 7.85. The van der Waals surface area contributed by atoms with Crippen molar-refractivity contribution in [2.24, 2.45) is 0 Å². The van der Waals surface area contributed by atoms with E-state index in [1.54, 1.807) is 35.2 Å². The second-order valence-electron chi connectivity index (χ2n) is 8.11. The standard InChI is InChI=1S/C25H32N2O7S/c1-4-32-22-16-19(17-23(33-5-2)24(22)34-6-3)25(28)27-10-9-18-15-20(7-8-21(18)27)35(29,30)26-11-13-31-14-12-26/h7-8,15-17H,4-6,9-14H2,1-3H3. The van der Waals surface area contributed by atoms with Gasteiger partial charge >= 0.3 is 0 Å². The van der Waals surface area contributed by atoms with E-state index in [-0.39, 0.29) is 10.8 Å². The smallest absolute Gasteiger partial charge is 0.258 e. The number of anilines is 1. The molecule has 1 fully saturated rings. The molecule has 2 aliphatic heterocycles. The van der Waals surface area contributed by atoms with Crippen LogP contribution in [0.25, 0.3) is 0 Å². The summed E-state index contributed by atoms with van der Waals surface area (Å²) in [4.78, 5) is 15.5. The molecule has 9 nitrogen and oxygen atoms in total. The van der Waals surface area contributed by atoms with Gasteiger partial charge in [0.1, 0.15) is 0 Å². The van der Waals surface area contributed by atoms with Gasteiger partial charge in [-0.3, -0.25) is 4.79 Å². The van der Waals surface area contributed by atoms with Gasteiger partial charge < -0.3 is 23.8 Å². The normalized spacial score (nSPS) is 16.1. The molecule has 4 rings (SSSR count). The predicted molar refractivity (Wildman–Crippen MR) is 131 cm³/mol. The summed E-state index contributed by atoms with van der Waals surface area (Å²) >= 11 is 0. The van der Waals surface area contributed by atoms with Gasteiger partial charge in [0.2, 0.25) is 15.8 Å². The molecule has 2 aliphatic rings. The van der Waals surface area contributed by atoms with Crippen LogP contribution in [0.4, 0.5) is 5.69 Å². The monoisotopic (exact) mass is 504 g/mol. The number of sulfonamides is 1. The Kier molecular flexibility index (Phi) is 7.83. The van der Waals surface area contributed by atoms with E-state index in [1.165, 1.54) is 4.31 Å². The van der Waals surface area contributed by atoms with Crippen LogP contribution in [0.1, 0.15) is 36.7 Å². The Hall–Kier alpha value is -2.82. The molecule has 0 radical (unpaired) electrons. The van der Waals surface area contributed by atoms with Crippen molar-refractivity contribution in [1.29, 1.82) is 0 Å². The second kappa shape index (κ2) is 10.8. The lowest BCUT2D eigenvalue weighted by molar-refractivity contribution is 0.0730. The minimum absolute atomic E-state index is 0.211. The minimum atomic E-state index is -3.60. The van der Waals surface area contributed by atoms with Crippen LogP contribution < -0.4 is 19.1 Å². The van der Waals surface area contributed by atoms with E-state index in [4.69, 9.17) is 18.9 Å². The van der Waals surface area contributed by atoms with Gasteiger partial charge in [0, 0.05) is 30.9 Å². The van der Waals surface area contributed by atoms with Crippen LogP contribution in [0.3, 0.4) is 0 Å². The van der Waals surface area contributed by atoms with Crippen molar-refractivity contribution in [2.75, 3.05) is 57.6 Å². The highest BCUT2D eigenvalue weighted by molar-refractivity contribution is 7.89. The van der Waals surface area contributed by atoms with E-state index < -0.39 is 10.0 Å². The quantitative estimate of drug-likeness (QED) is 0.518. The maximum absolute atomic E-state index is 13.6. The van der Waals surface area contributed by atoms with Crippen molar-refractivity contribution in [3.05, 3.63) is 41.5 Å². The summed E-state index contributed by atoms with van der Waals surface area (Å²) in [5.41, 5.74) is 1.95. The van der Waals surface area contributed by atoms with E-state index in [9.17, 15) is 13.2 Å². The van der Waals surface area contributed by atoms with Gasteiger partial charge in [-0.1, -0.05) is 0 Å². The van der Waals surface area contributed by atoms with Crippen molar-refractivity contribution >= 4 is 21.6 Å². The number of rotatable bonds is 9. The Morgan fingerprint density at radius 1 is 0.914 bits per heavy atom. The molecule has 1 amide bonds. The highest BCUT2D eigenvalue weighted by Crippen LogP contribution is 2.40. The molecule has 2 aromatic carbocycles. The van der Waals surface area contributed by atoms with Crippen molar-refractivity contribution < 1.29 is 32.2 Å². The van der Waals surface area contributed by atoms with E-state index >= 15 is 0 Å². The van der Waals surface area contributed by atoms with E-state index in [2.05, 4.69) is 0 Å². The third kappa shape index (κ3) is 5.10. The first kappa shape index (κ1) is 25.3. The Bertz CT molecular complexity index is 1150. The summed E-state index contributed by atoms with van der Waals surface area (Å²) in [5.74, 6) is 1.18. The topological polar surface area (TPSA) is 94.6 Å². The maximum atomic E-state index is 13.6. The van der Waals surface area contributed by atoms with Gasteiger partial charge in [0.25, 0.3) is 5.91 Å². The predicted octanol–water partition coefficient (Wildman–Crippen LogP) is 3.11. The van der Waals surface area contributed by atoms with Crippen LogP contribution in [0.15, 0.2) is 35.2 Å². The van der Waals surface area contributed by atoms with Gasteiger partial charge in [0.05, 0.1) is 37.9 Å². The number of amides is 1. The maximum Gasteiger partial charge on any atom is 0.258 e. The molecule has 35 heavy (non-hydrogen) atoms. The fourth-order valence-corrected chi connectivity index (χ4v) is 5.81. The minimum Gasteiger partial charge on any atom is -0.490 e. The number of benzene rings is 2. The molecule has 0 unspecified atom stereocenters. The lowest BCUT2D eigenvalue weighted by Crippen LogP contribution is -2.40. The molecule has 0 spiro atoms. The van der Waals surface area contributed by atoms with E-state index in [1.807, 2.05) is 20.8 Å². The van der Waals surface area contributed by atoms with Crippen molar-refractivity contribution in [3.8, 4) is 17.2 Å². The van der Waals surface area contributed by atoms with Crippen LogP contribution >= 0.6 is 0 Å². The van der Waals surface area contributed by atoms with Crippen LogP contribution in [-0.4, -0.2) is 71.3 Å². The largest absolute Gasteiger partial charge is 0.490 e. The Balaban J connectivity index is 1.64. The van der Waals surface area contributed by atoms with E-state index in [0.29, 0.717) is 87.6 Å². The molecule has 0 N–H and O–H groups in total. The van der Waals surface area contributed by atoms with Crippen LogP contribution in [0.2, 0.25) is 0 Å². The zero-order valence-electron chi connectivity index (χ0n) is 20.4. The van der Waals surface area contributed by atoms with E-state index in [0.717, 1.165) is 5.56 Å². The van der Waals surface area contributed by atoms with Crippen molar-refractivity contribution in [1.82, 2.24) is 4.31 Å². The number of fused-ring (bicyclic) bond motifs is 1. The summed E-state index contributed by atoms with van der Waals surface area (Å²) in [6, 6.07) is 8.33. The molecule has 0 saturated carbocycles. The summed E-state index contributed by atoms with van der Waals surface area (Å²) in [6.07, 6.45) is 0.571. The molecule has 2 aromatic rings. The first-order chi connectivity index (χ1) is 16.9. The molecule has 1 saturated heterocycles. The highest BCUT2D eigenvalue weighted by Gasteiger charge is 2.31. The van der Waals surface area contributed by atoms with Crippen molar-refractivity contribution in [3.63, 3.8) is 0 Å². The number of nitrogens with zero attached hydrogens (tertiary/aromatic N) is 2. The zero-order valence-corrected chi connectivity index (χ0v) is 21.2. The Morgan fingerprint density at radius 3 is 2.14 bits per heavy atom. The molecule has 0 bridgehead atoms. The lowest BCUT2D eigenvalue weighted by Gasteiger charge is -2.26. The Morgan fingerprint density at radius 2 is 1.54 bits per heavy atom. The van der Waals surface area contributed by atoms with Gasteiger partial charge in [-0.25, -0.2) is 8.42 Å². The molecule has 0 atom stereocenters. The van der Waals surface area contributed by atoms with Crippen LogP contribution in [0.5, 0.6) is 17.2 Å². The highest BCUT2D eigenvalue weighted by atomic mass is 32.2. The summed E-state index contributed by atoms with van der Waals surface area (Å²) in [7, 11) is -3.60. The average molecular weight is 505 g/mol. The van der Waals surface area contributed by atoms with Gasteiger partial charge in [-0.15, -0.1) is 0 Å². The number of hydrogen-bond donors (Lipinski definition) is 0. The molecule has 2 heterocycles. The first-order valence-electron chi connectivity index (χ1n) is 12.0. The zero-order chi connectivity index (χ0) is 25.0. The second-order valence-corrected chi connectivity index (χ2v) is 10.1. The summed E-state index contributed by atoms with van der Waals surface area (Å²) < 4.78 is 50.1. The number of carbonyl (C=O) groups is 1. The fraction of sp³-hybridized carbons (Fsp3) is 0.480. The summed E-state index contributed by atoms with van der Waals surface area (Å²) in [5, 5.41) is 0. The molecular formula is C25H32N2O7S. The number of morpholine rings is 1. The van der Waals surface area contributed by atoms with Crippen molar-refractivity contribution in [2.45, 2.75) is 32.1 Å². The average Bonchev–Trinajstić information content (AvgIpc) is 3.29. The Labute approximate surface area is 206 Å². The van der Waals surface area contributed by atoms with Crippen LogP contribution in [-0.2, 0) is 21.2 Å². The molecular weight excluding hydrogens is 472 g/mol. The molecule has 0 aromatic heterocycles. The summed E-state index contributed by atoms with van der Waals surface area (Å²) in [6.45, 7) is 8.78. The lowest BCUT2D eigenvalue weighted by atomic mass is 10.1. The van der Waals surface area contributed by atoms with Gasteiger partial charge in [-0.2, -0.15) is 4.31 Å². The molecule has 10 heteroatoms. The van der Waals surface area contributed by atoms with Crippen LogP contribution in [0, 0.1) is 0 Å². The van der Waals surface area contributed by atoms with Gasteiger partial charge in [0.15, 0.2) is 11.5 Å². The number of hydrogen-bond acceptors (Lipinski definition) is 7. The third-order valence-electron chi connectivity index (χ3n) is 5.96. The number of carbonyl (C=O) groups excluding carboxylic acids is 1. The fourth-order valence-electron chi connectivity index (χ4n) is 4.35. The van der Waals surface area contributed by atoms with Gasteiger partial charge in [-0.05, 0) is 63.1 Å². The SMILES string of the molecule is CCOc1cc(C(=O)N2CCc3cc(S(=O)(=O)N4CCOCC4)ccc32)cc(OCC)c1OCC. The molecule has 190 valence electrons. The number of ether oxygens (including phenoxy) is 4.